The first-order valence-electron chi connectivity index (χ1n) is 11.4. The van der Waals surface area contributed by atoms with Crippen molar-refractivity contribution < 1.29 is 0 Å². The second-order valence-electron chi connectivity index (χ2n) is 8.41. The van der Waals surface area contributed by atoms with Gasteiger partial charge < -0.3 is 20.4 Å². The average molecular weight is 492 g/mol. The lowest BCUT2D eigenvalue weighted by Gasteiger charge is -2.33. The molecule has 0 aromatic rings. The highest BCUT2D eigenvalue weighted by atomic mass is 127. The van der Waals surface area contributed by atoms with Crippen LogP contribution in [0.5, 0.6) is 0 Å². The standard InChI is InChI=1S/C21H41N5.HI/c1-2-22-21(24-19-11-17-26(18-12-19)20-9-10-20)23-13-5-3-6-14-25-15-7-4-8-16-25;/h19-20H,2-18H2,1H3,(H2,22,23,24);1H. The van der Waals surface area contributed by atoms with Gasteiger partial charge in [0, 0.05) is 38.3 Å². The minimum absolute atomic E-state index is 0. The lowest BCUT2D eigenvalue weighted by Crippen LogP contribution is -2.49. The number of rotatable bonds is 9. The normalized spacial score (nSPS) is 23.1. The molecule has 1 aliphatic carbocycles. The van der Waals surface area contributed by atoms with Gasteiger partial charge in [-0.2, -0.15) is 0 Å². The molecule has 0 radical (unpaired) electrons. The van der Waals surface area contributed by atoms with E-state index in [1.165, 1.54) is 96.9 Å². The van der Waals surface area contributed by atoms with Gasteiger partial charge in [0.15, 0.2) is 5.96 Å². The number of likely N-dealkylation sites (tertiary alicyclic amines) is 2. The van der Waals surface area contributed by atoms with Crippen molar-refractivity contribution >= 4 is 29.9 Å². The molecule has 2 aliphatic heterocycles. The van der Waals surface area contributed by atoms with Crippen LogP contribution in [0.3, 0.4) is 0 Å². The van der Waals surface area contributed by atoms with Gasteiger partial charge in [-0.25, -0.2) is 0 Å². The van der Waals surface area contributed by atoms with Gasteiger partial charge in [0.2, 0.25) is 0 Å². The first-order chi connectivity index (χ1) is 12.8. The quantitative estimate of drug-likeness (QED) is 0.225. The summed E-state index contributed by atoms with van der Waals surface area (Å²) in [4.78, 5) is 10.2. The van der Waals surface area contributed by atoms with Crippen LogP contribution in [-0.4, -0.2) is 73.7 Å². The fourth-order valence-corrected chi connectivity index (χ4v) is 4.36. The maximum Gasteiger partial charge on any atom is 0.191 e. The van der Waals surface area contributed by atoms with Crippen LogP contribution in [0.25, 0.3) is 0 Å². The molecule has 2 N–H and O–H groups in total. The molecule has 0 aromatic carbocycles. The molecule has 0 aromatic heterocycles. The molecule has 0 bridgehead atoms. The Morgan fingerprint density at radius 1 is 0.926 bits per heavy atom. The second-order valence-corrected chi connectivity index (χ2v) is 8.41. The Kier molecular flexibility index (Phi) is 11.3. The zero-order chi connectivity index (χ0) is 18.0. The summed E-state index contributed by atoms with van der Waals surface area (Å²) in [6.45, 7) is 10.5. The summed E-state index contributed by atoms with van der Waals surface area (Å²) >= 11 is 0. The van der Waals surface area contributed by atoms with Crippen molar-refractivity contribution in [1.82, 2.24) is 20.4 Å². The third-order valence-corrected chi connectivity index (χ3v) is 6.13. The number of halogens is 1. The Morgan fingerprint density at radius 3 is 2.33 bits per heavy atom. The lowest BCUT2D eigenvalue weighted by atomic mass is 10.1. The molecule has 6 heteroatoms. The van der Waals surface area contributed by atoms with E-state index in [1.807, 2.05) is 0 Å². The van der Waals surface area contributed by atoms with E-state index in [-0.39, 0.29) is 24.0 Å². The van der Waals surface area contributed by atoms with E-state index in [1.54, 1.807) is 0 Å². The molecular weight excluding hydrogens is 449 g/mol. The molecule has 2 saturated heterocycles. The fourth-order valence-electron chi connectivity index (χ4n) is 4.36. The SMILES string of the molecule is CCNC(=NCCCCCN1CCCCC1)NC1CCN(C2CC2)CC1.I. The molecule has 3 aliphatic rings. The second kappa shape index (κ2) is 13.2. The van der Waals surface area contributed by atoms with Gasteiger partial charge in [0.05, 0.1) is 0 Å². The van der Waals surface area contributed by atoms with Gasteiger partial charge in [-0.15, -0.1) is 24.0 Å². The van der Waals surface area contributed by atoms with Crippen LogP contribution >= 0.6 is 24.0 Å². The highest BCUT2D eigenvalue weighted by Gasteiger charge is 2.31. The Hall–Kier alpha value is -0.0800. The maximum atomic E-state index is 4.83. The summed E-state index contributed by atoms with van der Waals surface area (Å²) in [6, 6.07) is 1.52. The van der Waals surface area contributed by atoms with Crippen LogP contribution in [0.2, 0.25) is 0 Å². The maximum absolute atomic E-state index is 4.83. The van der Waals surface area contributed by atoms with Gasteiger partial charge >= 0.3 is 0 Å². The van der Waals surface area contributed by atoms with Crippen molar-refractivity contribution in [2.75, 3.05) is 45.8 Å². The topological polar surface area (TPSA) is 42.9 Å². The first kappa shape index (κ1) is 23.2. The smallest absolute Gasteiger partial charge is 0.191 e. The molecule has 5 nitrogen and oxygen atoms in total. The highest BCUT2D eigenvalue weighted by Crippen LogP contribution is 2.29. The molecule has 3 fully saturated rings. The first-order valence-corrected chi connectivity index (χ1v) is 11.4. The number of unbranched alkanes of at least 4 members (excludes halogenated alkanes) is 2. The largest absolute Gasteiger partial charge is 0.357 e. The molecule has 0 atom stereocenters. The van der Waals surface area contributed by atoms with E-state index in [9.17, 15) is 0 Å². The predicted octanol–water partition coefficient (Wildman–Crippen LogP) is 3.44. The van der Waals surface area contributed by atoms with E-state index in [0.717, 1.165) is 25.1 Å². The molecule has 3 rings (SSSR count). The summed E-state index contributed by atoms with van der Waals surface area (Å²) in [6.07, 6.45) is 13.5. The van der Waals surface area contributed by atoms with Gasteiger partial charge in [0.25, 0.3) is 0 Å². The van der Waals surface area contributed by atoms with Crippen molar-refractivity contribution in [3.8, 4) is 0 Å². The van der Waals surface area contributed by atoms with Crippen molar-refractivity contribution in [2.24, 2.45) is 4.99 Å². The fraction of sp³-hybridized carbons (Fsp3) is 0.952. The molecule has 2 heterocycles. The molecule has 1 saturated carbocycles. The van der Waals surface area contributed by atoms with Crippen LogP contribution in [0.1, 0.15) is 71.1 Å². The summed E-state index contributed by atoms with van der Waals surface area (Å²) in [7, 11) is 0. The minimum atomic E-state index is 0. The van der Waals surface area contributed by atoms with Crippen LogP contribution in [0, 0.1) is 0 Å². The van der Waals surface area contributed by atoms with Gasteiger partial charge in [0.1, 0.15) is 0 Å². The Morgan fingerprint density at radius 2 is 1.67 bits per heavy atom. The van der Waals surface area contributed by atoms with Crippen LogP contribution in [0.15, 0.2) is 4.99 Å². The lowest BCUT2D eigenvalue weighted by molar-refractivity contribution is 0.197. The van der Waals surface area contributed by atoms with E-state index in [4.69, 9.17) is 4.99 Å². The number of guanidine groups is 1. The molecule has 0 unspecified atom stereocenters. The molecule has 158 valence electrons. The third kappa shape index (κ3) is 8.86. The van der Waals surface area contributed by atoms with E-state index in [0.29, 0.717) is 6.04 Å². The van der Waals surface area contributed by atoms with Crippen LogP contribution < -0.4 is 10.6 Å². The summed E-state index contributed by atoms with van der Waals surface area (Å²) in [5, 5.41) is 7.12. The van der Waals surface area contributed by atoms with Gasteiger partial charge in [-0.1, -0.05) is 12.8 Å². The molecule has 27 heavy (non-hydrogen) atoms. The average Bonchev–Trinajstić information content (AvgIpc) is 3.51. The number of nitrogens with zero attached hydrogens (tertiary/aromatic N) is 3. The molecule has 0 spiro atoms. The number of nitrogens with one attached hydrogen (secondary N) is 2. The Balaban J connectivity index is 0.00000261. The van der Waals surface area contributed by atoms with Crippen molar-refractivity contribution in [3.63, 3.8) is 0 Å². The van der Waals surface area contributed by atoms with Crippen LogP contribution in [0.4, 0.5) is 0 Å². The number of hydrogen-bond donors (Lipinski definition) is 2. The van der Waals surface area contributed by atoms with Crippen molar-refractivity contribution in [1.29, 1.82) is 0 Å². The summed E-state index contributed by atoms with van der Waals surface area (Å²) in [5.74, 6) is 1.04. The zero-order valence-electron chi connectivity index (χ0n) is 17.4. The molecular formula is C21H42IN5. The third-order valence-electron chi connectivity index (χ3n) is 6.13. The van der Waals surface area contributed by atoms with E-state index < -0.39 is 0 Å². The molecule has 0 amide bonds. The predicted molar refractivity (Wildman–Crippen MR) is 126 cm³/mol. The zero-order valence-corrected chi connectivity index (χ0v) is 19.8. The van der Waals surface area contributed by atoms with Crippen LogP contribution in [-0.2, 0) is 0 Å². The Labute approximate surface area is 184 Å². The Bertz CT molecular complexity index is 413. The number of piperidine rings is 2. The number of aliphatic imine (C=N–C) groups is 1. The highest BCUT2D eigenvalue weighted by molar-refractivity contribution is 14.0. The van der Waals surface area contributed by atoms with Gasteiger partial charge in [-0.05, 0) is 77.9 Å². The van der Waals surface area contributed by atoms with E-state index in [2.05, 4.69) is 27.4 Å². The van der Waals surface area contributed by atoms with Gasteiger partial charge in [-0.3, -0.25) is 4.99 Å². The minimum Gasteiger partial charge on any atom is -0.357 e. The van der Waals surface area contributed by atoms with E-state index >= 15 is 0 Å². The van der Waals surface area contributed by atoms with Crippen molar-refractivity contribution in [3.05, 3.63) is 0 Å². The summed E-state index contributed by atoms with van der Waals surface area (Å²) < 4.78 is 0. The van der Waals surface area contributed by atoms with Crippen molar-refractivity contribution in [2.45, 2.75) is 83.2 Å². The summed E-state index contributed by atoms with van der Waals surface area (Å²) in [5.41, 5.74) is 0. The monoisotopic (exact) mass is 491 g/mol. The number of hydrogen-bond acceptors (Lipinski definition) is 3.